The number of hydrogen-bond acceptors (Lipinski definition) is 3. The Hall–Kier alpha value is -1.23. The highest BCUT2D eigenvalue weighted by molar-refractivity contribution is 9.10. The molecule has 0 aromatic heterocycles. The van der Waals surface area contributed by atoms with Crippen molar-refractivity contribution in [1.29, 1.82) is 0 Å². The molecule has 1 amide bonds. The fraction of sp³-hybridized carbons (Fsp3) is 0.417. The smallest absolute Gasteiger partial charge is 0.223 e. The van der Waals surface area contributed by atoms with E-state index in [1.54, 1.807) is 26.1 Å². The van der Waals surface area contributed by atoms with Crippen molar-refractivity contribution in [1.82, 2.24) is 4.90 Å². The highest BCUT2D eigenvalue weighted by Gasteiger charge is 2.06. The maximum Gasteiger partial charge on any atom is 0.223 e. The summed E-state index contributed by atoms with van der Waals surface area (Å²) in [6.07, 6.45) is 0.461. The minimum absolute atomic E-state index is 0.103. The summed E-state index contributed by atoms with van der Waals surface area (Å²) in [4.78, 5) is 13.0. The average Bonchev–Trinajstić information content (AvgIpc) is 2.29. The fourth-order valence-electron chi connectivity index (χ4n) is 1.35. The minimum Gasteiger partial charge on any atom is -0.495 e. The molecule has 1 aromatic carbocycles. The highest BCUT2D eigenvalue weighted by Crippen LogP contribution is 2.27. The molecule has 17 heavy (non-hydrogen) atoms. The second-order valence-electron chi connectivity index (χ2n) is 3.81. The average molecular weight is 301 g/mol. The Kier molecular flexibility index (Phi) is 5.28. The number of nitrogens with zero attached hydrogens (tertiary/aromatic N) is 1. The number of hydrogen-bond donors (Lipinski definition) is 1. The Morgan fingerprint density at radius 2 is 2.18 bits per heavy atom. The first-order chi connectivity index (χ1) is 8.04. The second kappa shape index (κ2) is 6.49. The van der Waals surface area contributed by atoms with Crippen LogP contribution in [0.5, 0.6) is 5.75 Å². The van der Waals surface area contributed by atoms with Gasteiger partial charge >= 0.3 is 0 Å². The van der Waals surface area contributed by atoms with Gasteiger partial charge < -0.3 is 15.0 Å². The predicted octanol–water partition coefficient (Wildman–Crippen LogP) is 2.35. The number of rotatable bonds is 5. The zero-order valence-corrected chi connectivity index (χ0v) is 11.9. The predicted molar refractivity (Wildman–Crippen MR) is 72.5 cm³/mol. The van der Waals surface area contributed by atoms with Gasteiger partial charge in [0.05, 0.1) is 12.8 Å². The molecule has 1 rings (SSSR count). The van der Waals surface area contributed by atoms with Crippen LogP contribution in [0.4, 0.5) is 5.69 Å². The maximum atomic E-state index is 11.4. The van der Waals surface area contributed by atoms with Crippen LogP contribution in [0.15, 0.2) is 22.7 Å². The highest BCUT2D eigenvalue weighted by atomic mass is 79.9. The van der Waals surface area contributed by atoms with Crippen LogP contribution in [-0.4, -0.2) is 38.6 Å². The molecule has 94 valence electrons. The van der Waals surface area contributed by atoms with Gasteiger partial charge in [0.1, 0.15) is 5.75 Å². The number of nitrogens with one attached hydrogen (secondary N) is 1. The molecule has 4 nitrogen and oxygen atoms in total. The zero-order valence-electron chi connectivity index (χ0n) is 10.3. The number of carbonyl (C=O) groups is 1. The van der Waals surface area contributed by atoms with E-state index in [2.05, 4.69) is 21.2 Å². The molecule has 0 radical (unpaired) electrons. The third kappa shape index (κ3) is 4.26. The summed E-state index contributed by atoms with van der Waals surface area (Å²) < 4.78 is 6.20. The van der Waals surface area contributed by atoms with E-state index in [1.165, 1.54) is 0 Å². The van der Waals surface area contributed by atoms with Gasteiger partial charge in [0.2, 0.25) is 5.91 Å². The maximum absolute atomic E-state index is 11.4. The SMILES string of the molecule is COc1ccc(Br)cc1NCCC(=O)N(C)C. The molecule has 0 aliphatic carbocycles. The molecule has 0 atom stereocenters. The van der Waals surface area contributed by atoms with Gasteiger partial charge in [0, 0.05) is 31.5 Å². The summed E-state index contributed by atoms with van der Waals surface area (Å²) in [7, 11) is 5.13. The van der Waals surface area contributed by atoms with Gasteiger partial charge in [-0.05, 0) is 18.2 Å². The third-order valence-electron chi connectivity index (χ3n) is 2.31. The van der Waals surface area contributed by atoms with Crippen molar-refractivity contribution in [3.8, 4) is 5.75 Å². The first kappa shape index (κ1) is 13.8. The lowest BCUT2D eigenvalue weighted by atomic mass is 10.3. The van der Waals surface area contributed by atoms with E-state index in [-0.39, 0.29) is 5.91 Å². The van der Waals surface area contributed by atoms with Crippen LogP contribution in [-0.2, 0) is 4.79 Å². The molecule has 1 aromatic rings. The van der Waals surface area contributed by atoms with Gasteiger partial charge in [-0.2, -0.15) is 0 Å². The first-order valence-electron chi connectivity index (χ1n) is 5.32. The molecule has 5 heteroatoms. The van der Waals surface area contributed by atoms with Crippen molar-refractivity contribution >= 4 is 27.5 Å². The molecular weight excluding hydrogens is 284 g/mol. The Labute approximate surface area is 110 Å². The molecule has 0 aliphatic heterocycles. The van der Waals surface area contributed by atoms with Crippen molar-refractivity contribution in [3.63, 3.8) is 0 Å². The van der Waals surface area contributed by atoms with Crippen molar-refractivity contribution in [3.05, 3.63) is 22.7 Å². The summed E-state index contributed by atoms with van der Waals surface area (Å²) in [6.45, 7) is 0.587. The van der Waals surface area contributed by atoms with Gasteiger partial charge in [-0.15, -0.1) is 0 Å². The van der Waals surface area contributed by atoms with Crippen LogP contribution in [0.1, 0.15) is 6.42 Å². The number of benzene rings is 1. The Bertz CT molecular complexity index is 394. The van der Waals surface area contributed by atoms with Crippen molar-refractivity contribution < 1.29 is 9.53 Å². The largest absolute Gasteiger partial charge is 0.495 e. The first-order valence-corrected chi connectivity index (χ1v) is 6.11. The third-order valence-corrected chi connectivity index (χ3v) is 2.81. The molecule has 0 spiro atoms. The van der Waals surface area contributed by atoms with E-state index >= 15 is 0 Å². The molecular formula is C12H17BrN2O2. The molecule has 0 saturated carbocycles. The second-order valence-corrected chi connectivity index (χ2v) is 4.73. The Morgan fingerprint density at radius 3 is 2.76 bits per heavy atom. The number of methoxy groups -OCH3 is 1. The van der Waals surface area contributed by atoms with Crippen LogP contribution in [0.3, 0.4) is 0 Å². The van der Waals surface area contributed by atoms with Crippen LogP contribution in [0.25, 0.3) is 0 Å². The molecule has 0 heterocycles. The number of ether oxygens (including phenoxy) is 1. The van der Waals surface area contributed by atoms with E-state index < -0.39 is 0 Å². The van der Waals surface area contributed by atoms with Gasteiger partial charge in [0.15, 0.2) is 0 Å². The van der Waals surface area contributed by atoms with E-state index in [0.29, 0.717) is 13.0 Å². The standard InChI is InChI=1S/C12H17BrN2O2/c1-15(2)12(16)6-7-14-10-8-9(13)4-5-11(10)17-3/h4-5,8,14H,6-7H2,1-3H3. The number of carbonyl (C=O) groups excluding carboxylic acids is 1. The molecule has 0 bridgehead atoms. The lowest BCUT2D eigenvalue weighted by Gasteiger charge is -2.13. The van der Waals surface area contributed by atoms with Gasteiger partial charge in [0.25, 0.3) is 0 Å². The summed E-state index contributed by atoms with van der Waals surface area (Å²) in [6, 6.07) is 5.72. The van der Waals surface area contributed by atoms with E-state index in [9.17, 15) is 4.79 Å². The molecule has 0 saturated heterocycles. The van der Waals surface area contributed by atoms with Crippen LogP contribution in [0.2, 0.25) is 0 Å². The van der Waals surface area contributed by atoms with E-state index in [1.807, 2.05) is 18.2 Å². The zero-order chi connectivity index (χ0) is 12.8. The van der Waals surface area contributed by atoms with Gasteiger partial charge in [-0.1, -0.05) is 15.9 Å². The fourth-order valence-corrected chi connectivity index (χ4v) is 1.71. The number of amides is 1. The number of halogens is 1. The lowest BCUT2D eigenvalue weighted by molar-refractivity contribution is -0.128. The summed E-state index contributed by atoms with van der Waals surface area (Å²) >= 11 is 3.40. The normalized spacial score (nSPS) is 9.88. The quantitative estimate of drug-likeness (QED) is 0.907. The van der Waals surface area contributed by atoms with Crippen molar-refractivity contribution in [2.24, 2.45) is 0 Å². The van der Waals surface area contributed by atoms with Crippen LogP contribution < -0.4 is 10.1 Å². The molecule has 0 aliphatic rings. The monoisotopic (exact) mass is 300 g/mol. The molecule has 0 unspecified atom stereocenters. The summed E-state index contributed by atoms with van der Waals surface area (Å²) in [5.41, 5.74) is 0.883. The van der Waals surface area contributed by atoms with Crippen molar-refractivity contribution in [2.45, 2.75) is 6.42 Å². The molecule has 0 fully saturated rings. The summed E-state index contributed by atoms with van der Waals surface area (Å²) in [5, 5.41) is 3.19. The van der Waals surface area contributed by atoms with E-state index in [0.717, 1.165) is 15.9 Å². The number of anilines is 1. The van der Waals surface area contributed by atoms with E-state index in [4.69, 9.17) is 4.74 Å². The topological polar surface area (TPSA) is 41.6 Å². The summed E-state index contributed by atoms with van der Waals surface area (Å²) in [5.74, 6) is 0.872. The van der Waals surface area contributed by atoms with Gasteiger partial charge in [-0.25, -0.2) is 0 Å². The lowest BCUT2D eigenvalue weighted by Crippen LogP contribution is -2.23. The molecule has 1 N–H and O–H groups in total. The Morgan fingerprint density at radius 1 is 1.47 bits per heavy atom. The van der Waals surface area contributed by atoms with Crippen LogP contribution in [0, 0.1) is 0 Å². The minimum atomic E-state index is 0.103. The van der Waals surface area contributed by atoms with Crippen molar-refractivity contribution in [2.75, 3.05) is 33.1 Å². The Balaban J connectivity index is 2.56. The van der Waals surface area contributed by atoms with Crippen LogP contribution >= 0.6 is 15.9 Å². The van der Waals surface area contributed by atoms with Gasteiger partial charge in [-0.3, -0.25) is 4.79 Å².